The average Bonchev–Trinajstić information content (AvgIpc) is 2.98. The van der Waals surface area contributed by atoms with Gasteiger partial charge in [-0.15, -0.1) is 0 Å². The van der Waals surface area contributed by atoms with Gasteiger partial charge in [-0.05, 0) is 25.3 Å². The first-order valence-electron chi connectivity index (χ1n) is 5.82. The Balaban J connectivity index is 1.85. The molecule has 0 unspecified atom stereocenters. The van der Waals surface area contributed by atoms with Gasteiger partial charge in [-0.3, -0.25) is 0 Å². The van der Waals surface area contributed by atoms with Crippen LogP contribution in [0.4, 0.5) is 0 Å². The van der Waals surface area contributed by atoms with Crippen LogP contribution in [0.3, 0.4) is 0 Å². The number of nitrogens with zero attached hydrogens (tertiary/aromatic N) is 2. The Morgan fingerprint density at radius 2 is 2.00 bits per heavy atom. The quantitative estimate of drug-likeness (QED) is 0.765. The molecule has 0 radical (unpaired) electrons. The number of benzene rings is 1. The van der Waals surface area contributed by atoms with Gasteiger partial charge >= 0.3 is 0 Å². The molecule has 2 aromatic rings. The van der Waals surface area contributed by atoms with E-state index in [9.17, 15) is 0 Å². The lowest BCUT2D eigenvalue weighted by Gasteiger charge is -2.16. The summed E-state index contributed by atoms with van der Waals surface area (Å²) in [5.41, 5.74) is 2.96. The lowest BCUT2D eigenvalue weighted by Crippen LogP contribution is -2.14. The standard InChI is InChI=1S/C14H16N2/c1-12-9-16(11-15-12)10-14(7-8-14)13-5-3-2-4-6-13/h2-6,9,11H,7-8,10H2,1H3. The van der Waals surface area contributed by atoms with Crippen molar-refractivity contribution in [2.75, 3.05) is 0 Å². The van der Waals surface area contributed by atoms with Crippen molar-refractivity contribution in [3.05, 3.63) is 54.1 Å². The maximum atomic E-state index is 4.29. The summed E-state index contributed by atoms with van der Waals surface area (Å²) in [6.07, 6.45) is 6.67. The van der Waals surface area contributed by atoms with Crippen molar-refractivity contribution in [2.24, 2.45) is 0 Å². The van der Waals surface area contributed by atoms with Crippen LogP contribution in [0.25, 0.3) is 0 Å². The van der Waals surface area contributed by atoms with E-state index in [2.05, 4.69) is 46.1 Å². The van der Waals surface area contributed by atoms with Crippen molar-refractivity contribution in [3.8, 4) is 0 Å². The molecule has 1 fully saturated rings. The molecule has 3 rings (SSSR count). The topological polar surface area (TPSA) is 17.8 Å². The van der Waals surface area contributed by atoms with Crippen LogP contribution in [-0.4, -0.2) is 9.55 Å². The minimum absolute atomic E-state index is 0.383. The predicted molar refractivity (Wildman–Crippen MR) is 64.3 cm³/mol. The second-order valence-electron chi connectivity index (χ2n) is 4.83. The Bertz CT molecular complexity index is 480. The fraction of sp³-hybridized carbons (Fsp3) is 0.357. The zero-order valence-electron chi connectivity index (χ0n) is 9.56. The number of hydrogen-bond acceptors (Lipinski definition) is 1. The van der Waals surface area contributed by atoms with Crippen LogP contribution < -0.4 is 0 Å². The van der Waals surface area contributed by atoms with Crippen LogP contribution >= 0.6 is 0 Å². The lowest BCUT2D eigenvalue weighted by molar-refractivity contribution is 0.547. The molecule has 0 saturated heterocycles. The number of imidazole rings is 1. The minimum Gasteiger partial charge on any atom is -0.336 e. The van der Waals surface area contributed by atoms with E-state index < -0.39 is 0 Å². The SMILES string of the molecule is Cc1cn(CC2(c3ccccc3)CC2)cn1. The van der Waals surface area contributed by atoms with Gasteiger partial charge in [-0.25, -0.2) is 4.98 Å². The van der Waals surface area contributed by atoms with E-state index in [-0.39, 0.29) is 0 Å². The molecule has 0 atom stereocenters. The van der Waals surface area contributed by atoms with Gasteiger partial charge in [0, 0.05) is 18.2 Å². The second-order valence-corrected chi connectivity index (χ2v) is 4.83. The highest BCUT2D eigenvalue weighted by Gasteiger charge is 2.44. The van der Waals surface area contributed by atoms with Gasteiger partial charge in [0.1, 0.15) is 0 Å². The van der Waals surface area contributed by atoms with E-state index >= 15 is 0 Å². The molecule has 0 amide bonds. The van der Waals surface area contributed by atoms with E-state index in [1.54, 1.807) is 0 Å². The summed E-state index contributed by atoms with van der Waals surface area (Å²) in [4.78, 5) is 4.29. The smallest absolute Gasteiger partial charge is 0.0949 e. The van der Waals surface area contributed by atoms with Gasteiger partial charge in [0.2, 0.25) is 0 Å². The third-order valence-corrected chi connectivity index (χ3v) is 3.49. The van der Waals surface area contributed by atoms with Crippen LogP contribution in [0.15, 0.2) is 42.9 Å². The van der Waals surface area contributed by atoms with Crippen LogP contribution in [0, 0.1) is 6.92 Å². The highest BCUT2D eigenvalue weighted by atomic mass is 15.0. The molecule has 0 N–H and O–H groups in total. The molecular formula is C14H16N2. The summed E-state index contributed by atoms with van der Waals surface area (Å²) in [5.74, 6) is 0. The number of aromatic nitrogens is 2. The van der Waals surface area contributed by atoms with Gasteiger partial charge in [0.15, 0.2) is 0 Å². The fourth-order valence-electron chi connectivity index (χ4n) is 2.39. The highest BCUT2D eigenvalue weighted by Crippen LogP contribution is 2.49. The van der Waals surface area contributed by atoms with Crippen molar-refractivity contribution >= 4 is 0 Å². The molecule has 1 aliphatic rings. The maximum absolute atomic E-state index is 4.29. The normalized spacial score (nSPS) is 17.3. The molecule has 1 aromatic carbocycles. The fourth-order valence-corrected chi connectivity index (χ4v) is 2.39. The molecule has 2 heteroatoms. The third-order valence-electron chi connectivity index (χ3n) is 3.49. The molecule has 0 aliphatic heterocycles. The number of aryl methyl sites for hydroxylation is 1. The van der Waals surface area contributed by atoms with Gasteiger partial charge in [-0.1, -0.05) is 30.3 Å². The Morgan fingerprint density at radius 1 is 1.25 bits per heavy atom. The van der Waals surface area contributed by atoms with Crippen molar-refractivity contribution in [1.29, 1.82) is 0 Å². The van der Waals surface area contributed by atoms with Crippen LogP contribution in [-0.2, 0) is 12.0 Å². The highest BCUT2D eigenvalue weighted by molar-refractivity contribution is 5.30. The summed E-state index contributed by atoms with van der Waals surface area (Å²) in [7, 11) is 0. The van der Waals surface area contributed by atoms with E-state index in [4.69, 9.17) is 0 Å². The van der Waals surface area contributed by atoms with Crippen LogP contribution in [0.2, 0.25) is 0 Å². The second kappa shape index (κ2) is 3.48. The maximum Gasteiger partial charge on any atom is 0.0949 e. The molecule has 0 bridgehead atoms. The summed E-state index contributed by atoms with van der Waals surface area (Å²) in [6.45, 7) is 3.11. The number of hydrogen-bond donors (Lipinski definition) is 0. The van der Waals surface area contributed by atoms with Gasteiger partial charge in [0.25, 0.3) is 0 Å². The van der Waals surface area contributed by atoms with Crippen molar-refractivity contribution < 1.29 is 0 Å². The minimum atomic E-state index is 0.383. The summed E-state index contributed by atoms with van der Waals surface area (Å²) in [5, 5.41) is 0. The lowest BCUT2D eigenvalue weighted by atomic mass is 9.96. The monoisotopic (exact) mass is 212 g/mol. The first kappa shape index (κ1) is 9.64. The summed E-state index contributed by atoms with van der Waals surface area (Å²) in [6, 6.07) is 10.8. The van der Waals surface area contributed by atoms with Gasteiger partial charge in [0.05, 0.1) is 12.0 Å². The summed E-state index contributed by atoms with van der Waals surface area (Å²) >= 11 is 0. The van der Waals surface area contributed by atoms with E-state index in [0.717, 1.165) is 12.2 Å². The van der Waals surface area contributed by atoms with E-state index in [0.29, 0.717) is 5.41 Å². The first-order chi connectivity index (χ1) is 7.78. The molecular weight excluding hydrogens is 196 g/mol. The zero-order chi connectivity index (χ0) is 11.0. The third kappa shape index (κ3) is 1.64. The van der Waals surface area contributed by atoms with E-state index in [1.165, 1.54) is 18.4 Å². The average molecular weight is 212 g/mol. The van der Waals surface area contributed by atoms with Crippen LogP contribution in [0.1, 0.15) is 24.1 Å². The molecule has 1 saturated carbocycles. The molecule has 16 heavy (non-hydrogen) atoms. The van der Waals surface area contributed by atoms with Crippen molar-refractivity contribution in [1.82, 2.24) is 9.55 Å². The van der Waals surface area contributed by atoms with Crippen molar-refractivity contribution in [3.63, 3.8) is 0 Å². The molecule has 1 aromatic heterocycles. The van der Waals surface area contributed by atoms with Crippen molar-refractivity contribution in [2.45, 2.75) is 31.7 Å². The Labute approximate surface area is 95.9 Å². The largest absolute Gasteiger partial charge is 0.336 e. The molecule has 0 spiro atoms. The Kier molecular flexibility index (Phi) is 2.10. The number of rotatable bonds is 3. The Hall–Kier alpha value is -1.57. The molecule has 82 valence electrons. The predicted octanol–water partition coefficient (Wildman–Crippen LogP) is 2.92. The first-order valence-corrected chi connectivity index (χ1v) is 5.82. The van der Waals surface area contributed by atoms with E-state index in [1.807, 2.05) is 13.3 Å². The molecule has 2 nitrogen and oxygen atoms in total. The van der Waals surface area contributed by atoms with Crippen LogP contribution in [0.5, 0.6) is 0 Å². The summed E-state index contributed by atoms with van der Waals surface area (Å²) < 4.78 is 2.22. The molecule has 1 heterocycles. The zero-order valence-corrected chi connectivity index (χ0v) is 9.56. The Morgan fingerprint density at radius 3 is 2.56 bits per heavy atom. The van der Waals surface area contributed by atoms with Gasteiger partial charge in [-0.2, -0.15) is 0 Å². The molecule has 1 aliphatic carbocycles. The van der Waals surface area contributed by atoms with Gasteiger partial charge < -0.3 is 4.57 Å².